The summed E-state index contributed by atoms with van der Waals surface area (Å²) in [5, 5.41) is 1.04. The molecule has 0 fully saturated rings. The Morgan fingerprint density at radius 3 is 2.20 bits per heavy atom. The number of hydrogen-bond acceptors (Lipinski definition) is 2. The van der Waals surface area contributed by atoms with Gasteiger partial charge in [0.05, 0.1) is 28.2 Å². The van der Waals surface area contributed by atoms with Crippen LogP contribution in [0.5, 0.6) is 0 Å². The third-order valence-electron chi connectivity index (χ3n) is 9.53. The maximum atomic E-state index is 6.28. The van der Waals surface area contributed by atoms with E-state index in [-0.39, 0.29) is 0 Å². The molecule has 0 unspecified atom stereocenters. The van der Waals surface area contributed by atoms with Gasteiger partial charge in [-0.05, 0) is 97.9 Å². The van der Waals surface area contributed by atoms with Crippen LogP contribution >= 0.6 is 0 Å². The lowest BCUT2D eigenvalue weighted by Crippen LogP contribution is -2.00. The van der Waals surface area contributed by atoms with E-state index < -0.39 is 0 Å². The number of terminal acetylenes is 1. The molecule has 0 aliphatic heterocycles. The second kappa shape index (κ2) is 18.3. The lowest BCUT2D eigenvalue weighted by molar-refractivity contribution is 1.05. The highest BCUT2D eigenvalue weighted by Gasteiger charge is 2.18. The monoisotopic (exact) mass is 725 g/mol. The molecule has 3 nitrogen and oxygen atoms in total. The molecule has 0 saturated carbocycles. The number of para-hydroxylation sites is 1. The van der Waals surface area contributed by atoms with Crippen LogP contribution < -0.4 is 0 Å². The van der Waals surface area contributed by atoms with Gasteiger partial charge < -0.3 is 4.57 Å². The molecule has 1 aliphatic carbocycles. The van der Waals surface area contributed by atoms with Crippen LogP contribution in [0.15, 0.2) is 183 Å². The molecule has 4 aromatic carbocycles. The van der Waals surface area contributed by atoms with E-state index in [1.807, 2.05) is 68.5 Å². The highest BCUT2D eigenvalue weighted by atomic mass is 15.0. The highest BCUT2D eigenvalue weighted by molar-refractivity contribution is 5.96. The average Bonchev–Trinajstić information content (AvgIpc) is 3.56. The van der Waals surface area contributed by atoms with Crippen molar-refractivity contribution in [3.05, 3.63) is 211 Å². The Balaban J connectivity index is 0.000000822. The van der Waals surface area contributed by atoms with Crippen molar-refractivity contribution in [2.75, 3.05) is 0 Å². The predicted octanol–water partition coefficient (Wildman–Crippen LogP) is 13.9. The number of aromatic nitrogens is 3. The number of benzene rings is 4. The lowest BCUT2D eigenvalue weighted by Gasteiger charge is -2.14. The van der Waals surface area contributed by atoms with E-state index in [0.717, 1.165) is 74.4 Å². The summed E-state index contributed by atoms with van der Waals surface area (Å²) in [4.78, 5) is 9.99. The van der Waals surface area contributed by atoms with Gasteiger partial charge in [0.25, 0.3) is 0 Å². The Morgan fingerprint density at radius 2 is 1.50 bits per heavy atom. The minimum Gasteiger partial charge on any atom is -0.309 e. The van der Waals surface area contributed by atoms with Crippen molar-refractivity contribution >= 4 is 33.7 Å². The van der Waals surface area contributed by atoms with Crippen LogP contribution in [0.4, 0.5) is 0 Å². The van der Waals surface area contributed by atoms with E-state index in [0.29, 0.717) is 5.82 Å². The first-order valence-electron chi connectivity index (χ1n) is 18.9. The fraction of sp³-hybridized carbons (Fsp3) is 0.0943. The minimum atomic E-state index is 0.642. The molecular formula is C53H47N3. The summed E-state index contributed by atoms with van der Waals surface area (Å²) in [5.74, 6) is 3.67. The fourth-order valence-electron chi connectivity index (χ4n) is 6.81. The topological polar surface area (TPSA) is 30.7 Å². The first-order valence-corrected chi connectivity index (χ1v) is 18.9. The first kappa shape index (κ1) is 38.7. The molecular weight excluding hydrogens is 679 g/mol. The predicted molar refractivity (Wildman–Crippen MR) is 242 cm³/mol. The maximum absolute atomic E-state index is 6.28. The molecule has 3 heteroatoms. The van der Waals surface area contributed by atoms with Crippen LogP contribution in [0, 0.1) is 12.3 Å². The van der Waals surface area contributed by atoms with Gasteiger partial charge in [0, 0.05) is 22.2 Å². The zero-order chi connectivity index (χ0) is 39.4. The summed E-state index contributed by atoms with van der Waals surface area (Å²) in [5.41, 5.74) is 14.4. The highest BCUT2D eigenvalue weighted by Crippen LogP contribution is 2.35. The van der Waals surface area contributed by atoms with Crippen molar-refractivity contribution in [2.45, 2.75) is 33.6 Å². The van der Waals surface area contributed by atoms with Crippen LogP contribution in [0.2, 0.25) is 0 Å². The number of nitrogens with zero attached hydrogens (tertiary/aromatic N) is 3. The summed E-state index contributed by atoms with van der Waals surface area (Å²) in [6, 6.07) is 37.7. The van der Waals surface area contributed by atoms with Crippen LogP contribution in [-0.4, -0.2) is 14.5 Å². The van der Waals surface area contributed by atoms with Crippen molar-refractivity contribution in [3.63, 3.8) is 0 Å². The molecule has 56 heavy (non-hydrogen) atoms. The van der Waals surface area contributed by atoms with Crippen LogP contribution in [0.25, 0.3) is 62.0 Å². The van der Waals surface area contributed by atoms with Crippen molar-refractivity contribution in [1.29, 1.82) is 0 Å². The second-order valence-electron chi connectivity index (χ2n) is 13.7. The first-order chi connectivity index (χ1) is 27.3. The van der Waals surface area contributed by atoms with Gasteiger partial charge in [0.1, 0.15) is 0 Å². The van der Waals surface area contributed by atoms with E-state index in [1.165, 1.54) is 22.3 Å². The van der Waals surface area contributed by atoms with Gasteiger partial charge in [-0.1, -0.05) is 159 Å². The Bertz CT molecular complexity index is 2610. The Hall–Kier alpha value is -7.02. The molecule has 6 aromatic rings. The third kappa shape index (κ3) is 8.84. The fourth-order valence-corrected chi connectivity index (χ4v) is 6.81. The third-order valence-corrected chi connectivity index (χ3v) is 9.53. The van der Waals surface area contributed by atoms with Crippen LogP contribution in [0.3, 0.4) is 0 Å². The summed E-state index contributed by atoms with van der Waals surface area (Å²) in [7, 11) is 0. The SMILES string of the molecule is C#Cc1c(/C=C(\C)c2cccc(C3=CC=CCC3)c2)n(-c2cccc(-c3cc(/C(C=C)=C/C=C)nc(-c4ccccc4)n3)c2)c2ccccc12.C=CC=C(C)C. The Labute approximate surface area is 332 Å². The zero-order valence-electron chi connectivity index (χ0n) is 32.5. The second-order valence-corrected chi connectivity index (χ2v) is 13.7. The molecule has 274 valence electrons. The normalized spacial score (nSPS) is 12.5. The van der Waals surface area contributed by atoms with Gasteiger partial charge >= 0.3 is 0 Å². The number of rotatable bonds is 10. The Kier molecular flexibility index (Phi) is 12.7. The van der Waals surface area contributed by atoms with Crippen molar-refractivity contribution in [2.24, 2.45) is 0 Å². The number of fused-ring (bicyclic) bond motifs is 1. The van der Waals surface area contributed by atoms with Crippen LogP contribution in [-0.2, 0) is 0 Å². The average molecular weight is 726 g/mol. The van der Waals surface area contributed by atoms with Gasteiger partial charge in [0.15, 0.2) is 5.82 Å². The van der Waals surface area contributed by atoms with Gasteiger partial charge in [-0.2, -0.15) is 0 Å². The molecule has 0 bridgehead atoms. The Morgan fingerprint density at radius 1 is 0.768 bits per heavy atom. The largest absolute Gasteiger partial charge is 0.309 e. The van der Waals surface area contributed by atoms with E-state index in [4.69, 9.17) is 16.4 Å². The molecule has 0 atom stereocenters. The zero-order valence-corrected chi connectivity index (χ0v) is 32.5. The molecule has 0 saturated heterocycles. The molecule has 0 amide bonds. The van der Waals surface area contributed by atoms with Crippen molar-refractivity contribution in [1.82, 2.24) is 14.5 Å². The molecule has 2 aromatic heterocycles. The standard InChI is InChI=1S/C47H37N3.C6H10/c1-5-18-34(6-2)43-32-44(49-47(48-43)36-21-12-9-13-22-36)39-25-17-26-40(31-39)50-45-28-15-14-27-42(45)41(7-3)46(50)29-33(4)37-23-16-24-38(30-37)35-19-10-8-11-20-35;1-4-5-6(2)3/h3,5-6,8-10,12-19,21-32H,1-2,11,20H2,4H3;4-5H,1H2,2-3H3/b33-29+,34-18+;. The molecule has 0 N–H and O–H groups in total. The minimum absolute atomic E-state index is 0.642. The van der Waals surface area contributed by atoms with Gasteiger partial charge in [-0.25, -0.2) is 9.97 Å². The summed E-state index contributed by atoms with van der Waals surface area (Å²) >= 11 is 0. The lowest BCUT2D eigenvalue weighted by atomic mass is 9.94. The van der Waals surface area contributed by atoms with E-state index in [9.17, 15) is 0 Å². The number of allylic oxidation sites excluding steroid dienone is 12. The smallest absolute Gasteiger partial charge is 0.160 e. The maximum Gasteiger partial charge on any atom is 0.160 e. The van der Waals surface area contributed by atoms with Gasteiger partial charge in [0.2, 0.25) is 0 Å². The molecule has 0 spiro atoms. The summed E-state index contributed by atoms with van der Waals surface area (Å²) in [6.07, 6.45) is 26.4. The van der Waals surface area contributed by atoms with E-state index in [1.54, 1.807) is 18.2 Å². The van der Waals surface area contributed by atoms with E-state index in [2.05, 4.69) is 128 Å². The van der Waals surface area contributed by atoms with Gasteiger partial charge in [-0.15, -0.1) is 6.42 Å². The summed E-state index contributed by atoms with van der Waals surface area (Å²) < 4.78 is 2.27. The molecule has 0 radical (unpaired) electrons. The quantitative estimate of drug-likeness (QED) is 0.104. The molecule has 7 rings (SSSR count). The number of hydrogen-bond donors (Lipinski definition) is 0. The summed E-state index contributed by atoms with van der Waals surface area (Å²) in [6.45, 7) is 17.7. The van der Waals surface area contributed by atoms with Gasteiger partial charge in [-0.3, -0.25) is 0 Å². The van der Waals surface area contributed by atoms with Crippen molar-refractivity contribution < 1.29 is 0 Å². The van der Waals surface area contributed by atoms with E-state index >= 15 is 0 Å². The molecule has 2 heterocycles. The molecule has 1 aliphatic rings. The van der Waals surface area contributed by atoms with Crippen molar-refractivity contribution in [3.8, 4) is 40.7 Å². The van der Waals surface area contributed by atoms with Crippen LogP contribution in [0.1, 0.15) is 61.7 Å².